The van der Waals surface area contributed by atoms with Gasteiger partial charge in [0.2, 0.25) is 0 Å². The van der Waals surface area contributed by atoms with Crippen molar-refractivity contribution in [2.24, 2.45) is 5.73 Å². The monoisotopic (exact) mass is 170 g/mol. The standard InChI is InChI=1S/C8H14N2O2/c1-6(8(9)12)10-4-2-7(11)3-5-10/h7,11H,1-5H2,(H2,9,12). The summed E-state index contributed by atoms with van der Waals surface area (Å²) in [5.74, 6) is -0.480. The lowest BCUT2D eigenvalue weighted by atomic mass is 10.1. The van der Waals surface area contributed by atoms with E-state index in [4.69, 9.17) is 5.73 Å². The molecule has 4 nitrogen and oxygen atoms in total. The lowest BCUT2D eigenvalue weighted by Gasteiger charge is -2.31. The molecule has 3 N–H and O–H groups in total. The van der Waals surface area contributed by atoms with Gasteiger partial charge >= 0.3 is 0 Å². The molecule has 1 rings (SSSR count). The first-order chi connectivity index (χ1) is 5.61. The largest absolute Gasteiger partial charge is 0.393 e. The van der Waals surface area contributed by atoms with Crippen LogP contribution in [0, 0.1) is 0 Å². The second-order valence-corrected chi connectivity index (χ2v) is 3.03. The van der Waals surface area contributed by atoms with Gasteiger partial charge in [0.25, 0.3) is 5.91 Å². The highest BCUT2D eigenvalue weighted by Gasteiger charge is 2.19. The fraction of sp³-hybridized carbons (Fsp3) is 0.625. The molecular weight excluding hydrogens is 156 g/mol. The smallest absolute Gasteiger partial charge is 0.264 e. The number of piperidine rings is 1. The van der Waals surface area contributed by atoms with Crippen LogP contribution in [-0.2, 0) is 4.79 Å². The van der Waals surface area contributed by atoms with E-state index in [1.54, 1.807) is 0 Å². The number of nitrogens with zero attached hydrogens (tertiary/aromatic N) is 1. The number of carbonyl (C=O) groups excluding carboxylic acids is 1. The van der Waals surface area contributed by atoms with Gasteiger partial charge in [-0.2, -0.15) is 0 Å². The second kappa shape index (κ2) is 3.58. The summed E-state index contributed by atoms with van der Waals surface area (Å²) >= 11 is 0. The summed E-state index contributed by atoms with van der Waals surface area (Å²) in [5.41, 5.74) is 5.41. The van der Waals surface area contributed by atoms with E-state index in [9.17, 15) is 9.90 Å². The van der Waals surface area contributed by atoms with Gasteiger partial charge in [0.1, 0.15) is 0 Å². The van der Waals surface area contributed by atoms with Gasteiger partial charge in [0.15, 0.2) is 0 Å². The molecule has 0 aromatic rings. The minimum Gasteiger partial charge on any atom is -0.393 e. The molecule has 0 bridgehead atoms. The van der Waals surface area contributed by atoms with Crippen LogP contribution in [0.4, 0.5) is 0 Å². The van der Waals surface area contributed by atoms with Gasteiger partial charge in [-0.05, 0) is 12.8 Å². The summed E-state index contributed by atoms with van der Waals surface area (Å²) in [7, 11) is 0. The van der Waals surface area contributed by atoms with Crippen molar-refractivity contribution in [3.8, 4) is 0 Å². The van der Waals surface area contributed by atoms with E-state index in [0.717, 1.165) is 0 Å². The highest BCUT2D eigenvalue weighted by molar-refractivity contribution is 5.90. The summed E-state index contributed by atoms with van der Waals surface area (Å²) in [4.78, 5) is 12.5. The van der Waals surface area contributed by atoms with Gasteiger partial charge in [-0.3, -0.25) is 4.79 Å². The normalized spacial score (nSPS) is 19.2. The van der Waals surface area contributed by atoms with E-state index in [1.165, 1.54) is 0 Å². The molecule has 4 heteroatoms. The summed E-state index contributed by atoms with van der Waals surface area (Å²) in [6.07, 6.45) is 1.14. The molecule has 1 amide bonds. The van der Waals surface area contributed by atoms with E-state index in [2.05, 4.69) is 6.58 Å². The van der Waals surface area contributed by atoms with E-state index in [1.807, 2.05) is 4.90 Å². The highest BCUT2D eigenvalue weighted by atomic mass is 16.3. The van der Waals surface area contributed by atoms with Crippen LogP contribution in [0.15, 0.2) is 12.3 Å². The maximum absolute atomic E-state index is 10.7. The second-order valence-electron chi connectivity index (χ2n) is 3.03. The molecule has 0 aromatic heterocycles. The number of hydrogen-bond donors (Lipinski definition) is 2. The maximum atomic E-state index is 10.7. The molecule has 1 heterocycles. The third-order valence-electron chi connectivity index (χ3n) is 2.13. The summed E-state index contributed by atoms with van der Waals surface area (Å²) in [6, 6.07) is 0. The van der Waals surface area contributed by atoms with Crippen molar-refractivity contribution in [1.29, 1.82) is 0 Å². The molecule has 1 aliphatic rings. The van der Waals surface area contributed by atoms with Crippen molar-refractivity contribution in [3.05, 3.63) is 12.3 Å². The number of carbonyl (C=O) groups is 1. The van der Waals surface area contributed by atoms with Crippen molar-refractivity contribution in [3.63, 3.8) is 0 Å². The van der Waals surface area contributed by atoms with Gasteiger partial charge in [-0.1, -0.05) is 6.58 Å². The van der Waals surface area contributed by atoms with Crippen molar-refractivity contribution in [2.75, 3.05) is 13.1 Å². The summed E-state index contributed by atoms with van der Waals surface area (Å²) < 4.78 is 0. The Morgan fingerprint density at radius 1 is 1.50 bits per heavy atom. The molecule has 0 spiro atoms. The molecule has 0 radical (unpaired) electrons. The number of amides is 1. The molecule has 0 atom stereocenters. The Kier molecular flexibility index (Phi) is 2.70. The first-order valence-corrected chi connectivity index (χ1v) is 4.03. The van der Waals surface area contributed by atoms with Gasteiger partial charge in [0.05, 0.1) is 11.8 Å². The van der Waals surface area contributed by atoms with E-state index < -0.39 is 5.91 Å². The molecular formula is C8H14N2O2. The van der Waals surface area contributed by atoms with Crippen LogP contribution in [0.25, 0.3) is 0 Å². The summed E-state index contributed by atoms with van der Waals surface area (Å²) in [6.45, 7) is 4.91. The van der Waals surface area contributed by atoms with Gasteiger partial charge in [-0.15, -0.1) is 0 Å². The minimum atomic E-state index is -0.480. The average Bonchev–Trinajstić information content (AvgIpc) is 2.04. The van der Waals surface area contributed by atoms with Crippen molar-refractivity contribution < 1.29 is 9.90 Å². The van der Waals surface area contributed by atoms with Crippen LogP contribution in [0.5, 0.6) is 0 Å². The zero-order chi connectivity index (χ0) is 9.14. The molecule has 0 aromatic carbocycles. The molecule has 1 aliphatic heterocycles. The molecule has 1 saturated heterocycles. The quantitative estimate of drug-likeness (QED) is 0.546. The van der Waals surface area contributed by atoms with E-state index in [0.29, 0.717) is 31.6 Å². The third-order valence-corrected chi connectivity index (χ3v) is 2.13. The van der Waals surface area contributed by atoms with E-state index in [-0.39, 0.29) is 6.10 Å². The number of likely N-dealkylation sites (tertiary alicyclic amines) is 1. The summed E-state index contributed by atoms with van der Waals surface area (Å²) in [5, 5.41) is 9.17. The lowest BCUT2D eigenvalue weighted by Crippen LogP contribution is -2.38. The van der Waals surface area contributed by atoms with Crippen LogP contribution < -0.4 is 5.73 Å². The maximum Gasteiger partial charge on any atom is 0.264 e. The van der Waals surface area contributed by atoms with Crippen molar-refractivity contribution in [2.45, 2.75) is 18.9 Å². The Bertz CT molecular complexity index is 195. The molecule has 0 saturated carbocycles. The van der Waals surface area contributed by atoms with Gasteiger partial charge in [0, 0.05) is 13.1 Å². The Morgan fingerprint density at radius 3 is 2.42 bits per heavy atom. The SMILES string of the molecule is C=C(C(N)=O)N1CCC(O)CC1. The fourth-order valence-corrected chi connectivity index (χ4v) is 1.29. The number of aliphatic hydroxyl groups excluding tert-OH is 1. The highest BCUT2D eigenvalue weighted by Crippen LogP contribution is 2.13. The van der Waals surface area contributed by atoms with Crippen molar-refractivity contribution in [1.82, 2.24) is 4.90 Å². The van der Waals surface area contributed by atoms with Crippen molar-refractivity contribution >= 4 is 5.91 Å². The predicted octanol–water partition coefficient (Wildman–Crippen LogP) is -0.558. The fourth-order valence-electron chi connectivity index (χ4n) is 1.29. The Balaban J connectivity index is 2.44. The molecule has 12 heavy (non-hydrogen) atoms. The number of hydrogen-bond acceptors (Lipinski definition) is 3. The number of primary amides is 1. The number of rotatable bonds is 2. The first kappa shape index (κ1) is 9.06. The third kappa shape index (κ3) is 1.98. The van der Waals surface area contributed by atoms with E-state index >= 15 is 0 Å². The number of nitrogens with two attached hydrogens (primary N) is 1. The first-order valence-electron chi connectivity index (χ1n) is 4.03. The van der Waals surface area contributed by atoms with Gasteiger partial charge in [-0.25, -0.2) is 0 Å². The molecule has 0 aliphatic carbocycles. The Hall–Kier alpha value is -1.03. The van der Waals surface area contributed by atoms with Crippen LogP contribution in [0.3, 0.4) is 0 Å². The topological polar surface area (TPSA) is 66.6 Å². The van der Waals surface area contributed by atoms with Crippen LogP contribution in [0.2, 0.25) is 0 Å². The Morgan fingerprint density at radius 2 is 2.00 bits per heavy atom. The van der Waals surface area contributed by atoms with Crippen LogP contribution >= 0.6 is 0 Å². The molecule has 68 valence electrons. The number of aliphatic hydroxyl groups is 1. The average molecular weight is 170 g/mol. The zero-order valence-corrected chi connectivity index (χ0v) is 6.99. The Labute approximate surface area is 71.7 Å². The molecule has 1 fully saturated rings. The predicted molar refractivity (Wildman–Crippen MR) is 45.1 cm³/mol. The zero-order valence-electron chi connectivity index (χ0n) is 6.99. The lowest BCUT2D eigenvalue weighted by molar-refractivity contribution is -0.116. The molecule has 0 unspecified atom stereocenters. The van der Waals surface area contributed by atoms with Crippen LogP contribution in [0.1, 0.15) is 12.8 Å². The minimum absolute atomic E-state index is 0.234. The van der Waals surface area contributed by atoms with Gasteiger partial charge < -0.3 is 15.7 Å². The van der Waals surface area contributed by atoms with Crippen LogP contribution in [-0.4, -0.2) is 35.1 Å².